The van der Waals surface area contributed by atoms with Crippen LogP contribution in [0.1, 0.15) is 37.1 Å². The molecule has 2 heterocycles. The number of thiazole rings is 1. The predicted molar refractivity (Wildman–Crippen MR) is 101 cm³/mol. The van der Waals surface area contributed by atoms with Gasteiger partial charge in [0.2, 0.25) is 5.91 Å². The third-order valence-corrected chi connectivity index (χ3v) is 5.79. The molecular formula is C19H21N3O3S. The highest BCUT2D eigenvalue weighted by molar-refractivity contribution is 7.09. The zero-order valence-corrected chi connectivity index (χ0v) is 15.2. The summed E-state index contributed by atoms with van der Waals surface area (Å²) in [5, 5.41) is 6.03. The summed E-state index contributed by atoms with van der Waals surface area (Å²) in [5.74, 6) is -0.0717. The molecule has 1 aliphatic rings. The molecule has 0 saturated heterocycles. The van der Waals surface area contributed by atoms with Crippen LogP contribution in [0.5, 0.6) is 0 Å². The van der Waals surface area contributed by atoms with Crippen LogP contribution in [-0.2, 0) is 11.2 Å². The molecule has 1 fully saturated rings. The molecule has 2 N–H and O–H groups in total. The minimum absolute atomic E-state index is 0.189. The number of aromatic nitrogens is 2. The first-order valence-electron chi connectivity index (χ1n) is 9.04. The molecule has 0 aliphatic heterocycles. The van der Waals surface area contributed by atoms with Crippen LogP contribution in [0.3, 0.4) is 0 Å². The van der Waals surface area contributed by atoms with Gasteiger partial charge in [-0.3, -0.25) is 9.78 Å². The smallest absolute Gasteiger partial charge is 0.408 e. The fraction of sp³-hybridized carbons (Fsp3) is 0.421. The lowest BCUT2D eigenvalue weighted by Crippen LogP contribution is -2.33. The van der Waals surface area contributed by atoms with E-state index in [0.717, 1.165) is 35.5 Å². The maximum atomic E-state index is 12.2. The molecule has 6 nitrogen and oxygen atoms in total. The van der Waals surface area contributed by atoms with Crippen molar-refractivity contribution in [2.45, 2.75) is 38.5 Å². The standard InChI is InChI=1S/C19H21N3O3S/c23-18(12-4-2-1-3-5-12)20-9-8-17-21-15(11-26-17)13-6-7-14-16(10-13)25-19(24)22-14/h6-7,10-12H,1-5,8-9H2,(H,20,23)(H,22,24). The average Bonchev–Trinajstić information content (AvgIpc) is 3.27. The molecule has 0 bridgehead atoms. The van der Waals surface area contributed by atoms with Crippen LogP contribution < -0.4 is 11.1 Å². The first kappa shape index (κ1) is 17.0. The number of hydrogen-bond acceptors (Lipinski definition) is 5. The van der Waals surface area contributed by atoms with Gasteiger partial charge in [0.15, 0.2) is 5.58 Å². The van der Waals surface area contributed by atoms with Gasteiger partial charge in [-0.2, -0.15) is 0 Å². The second-order valence-corrected chi connectivity index (χ2v) is 7.67. The Hall–Kier alpha value is -2.41. The van der Waals surface area contributed by atoms with Crippen molar-refractivity contribution in [3.8, 4) is 11.3 Å². The Balaban J connectivity index is 1.36. The Labute approximate surface area is 154 Å². The van der Waals surface area contributed by atoms with Crippen LogP contribution in [0.15, 0.2) is 32.8 Å². The van der Waals surface area contributed by atoms with Crippen LogP contribution in [0, 0.1) is 5.92 Å². The van der Waals surface area contributed by atoms with Gasteiger partial charge >= 0.3 is 5.76 Å². The molecule has 4 rings (SSSR count). The van der Waals surface area contributed by atoms with E-state index < -0.39 is 5.76 Å². The van der Waals surface area contributed by atoms with Crippen molar-refractivity contribution in [2.75, 3.05) is 6.54 Å². The zero-order valence-electron chi connectivity index (χ0n) is 14.4. The second-order valence-electron chi connectivity index (χ2n) is 6.73. The molecule has 1 saturated carbocycles. The lowest BCUT2D eigenvalue weighted by atomic mass is 9.89. The third kappa shape index (κ3) is 3.72. The molecule has 7 heteroatoms. The summed E-state index contributed by atoms with van der Waals surface area (Å²) in [6.07, 6.45) is 6.35. The molecule has 3 aromatic rings. The van der Waals surface area contributed by atoms with Crippen LogP contribution in [0.25, 0.3) is 22.4 Å². The van der Waals surface area contributed by atoms with Gasteiger partial charge in [0, 0.05) is 29.8 Å². The number of nitrogens with zero attached hydrogens (tertiary/aromatic N) is 1. The van der Waals surface area contributed by atoms with Gasteiger partial charge in [0.1, 0.15) is 0 Å². The molecular weight excluding hydrogens is 350 g/mol. The van der Waals surface area contributed by atoms with Crippen molar-refractivity contribution < 1.29 is 9.21 Å². The lowest BCUT2D eigenvalue weighted by molar-refractivity contribution is -0.125. The van der Waals surface area contributed by atoms with Crippen LogP contribution >= 0.6 is 11.3 Å². The first-order chi connectivity index (χ1) is 12.7. The van der Waals surface area contributed by atoms with Gasteiger partial charge < -0.3 is 9.73 Å². The van der Waals surface area contributed by atoms with E-state index in [2.05, 4.69) is 15.3 Å². The maximum Gasteiger partial charge on any atom is 0.417 e. The van der Waals surface area contributed by atoms with Gasteiger partial charge in [-0.1, -0.05) is 25.3 Å². The SMILES string of the molecule is O=C(NCCc1nc(-c2ccc3[nH]c(=O)oc3c2)cs1)C1CCCCC1. The van der Waals surface area contributed by atoms with Gasteiger partial charge in [0.25, 0.3) is 0 Å². The van der Waals surface area contributed by atoms with E-state index in [0.29, 0.717) is 17.6 Å². The highest BCUT2D eigenvalue weighted by atomic mass is 32.1. The average molecular weight is 371 g/mol. The fourth-order valence-corrected chi connectivity index (χ4v) is 4.27. The molecule has 26 heavy (non-hydrogen) atoms. The normalized spacial score (nSPS) is 15.4. The Morgan fingerprint density at radius 1 is 1.31 bits per heavy atom. The summed E-state index contributed by atoms with van der Waals surface area (Å²) in [6.45, 7) is 0.619. The van der Waals surface area contributed by atoms with Crippen molar-refractivity contribution >= 4 is 28.3 Å². The molecule has 0 radical (unpaired) electrons. The largest absolute Gasteiger partial charge is 0.417 e. The number of oxazole rings is 1. The first-order valence-corrected chi connectivity index (χ1v) is 9.92. The predicted octanol–water partition coefficient (Wildman–Crippen LogP) is 3.48. The molecule has 1 aliphatic carbocycles. The number of hydrogen-bond donors (Lipinski definition) is 2. The van der Waals surface area contributed by atoms with E-state index in [1.807, 2.05) is 23.6 Å². The summed E-state index contributed by atoms with van der Waals surface area (Å²) in [6, 6.07) is 5.55. The Morgan fingerprint density at radius 3 is 3.00 bits per heavy atom. The second kappa shape index (κ2) is 7.45. The highest BCUT2D eigenvalue weighted by Crippen LogP contribution is 2.25. The molecule has 0 atom stereocenters. The molecule has 1 amide bonds. The van der Waals surface area contributed by atoms with Gasteiger partial charge in [-0.25, -0.2) is 9.78 Å². The number of carbonyl (C=O) groups excluding carboxylic acids is 1. The van der Waals surface area contributed by atoms with E-state index in [1.165, 1.54) is 19.3 Å². The maximum absolute atomic E-state index is 12.2. The Bertz CT molecular complexity index is 966. The number of nitrogens with one attached hydrogen (secondary N) is 2. The van der Waals surface area contributed by atoms with Crippen molar-refractivity contribution in [3.05, 3.63) is 39.1 Å². The summed E-state index contributed by atoms with van der Waals surface area (Å²) in [5.41, 5.74) is 2.98. The Morgan fingerprint density at radius 2 is 2.15 bits per heavy atom. The molecule has 0 unspecified atom stereocenters. The van der Waals surface area contributed by atoms with E-state index in [4.69, 9.17) is 4.42 Å². The van der Waals surface area contributed by atoms with Crippen molar-refractivity contribution in [1.82, 2.24) is 15.3 Å². The summed E-state index contributed by atoms with van der Waals surface area (Å²) < 4.78 is 5.10. The van der Waals surface area contributed by atoms with E-state index in [1.54, 1.807) is 11.3 Å². The minimum Gasteiger partial charge on any atom is -0.408 e. The van der Waals surface area contributed by atoms with Crippen molar-refractivity contribution in [2.24, 2.45) is 5.92 Å². The lowest BCUT2D eigenvalue weighted by Gasteiger charge is -2.20. The summed E-state index contributed by atoms with van der Waals surface area (Å²) in [4.78, 5) is 30.7. The number of rotatable bonds is 5. The van der Waals surface area contributed by atoms with Crippen molar-refractivity contribution in [1.29, 1.82) is 0 Å². The topological polar surface area (TPSA) is 88.0 Å². The number of aromatic amines is 1. The molecule has 2 aromatic heterocycles. The van der Waals surface area contributed by atoms with Crippen LogP contribution in [0.4, 0.5) is 0 Å². The minimum atomic E-state index is -0.454. The van der Waals surface area contributed by atoms with E-state index >= 15 is 0 Å². The monoisotopic (exact) mass is 371 g/mol. The van der Waals surface area contributed by atoms with Gasteiger partial charge in [-0.05, 0) is 25.0 Å². The number of fused-ring (bicyclic) bond motifs is 1. The Kier molecular flexibility index (Phi) is 4.88. The summed E-state index contributed by atoms with van der Waals surface area (Å²) >= 11 is 1.58. The number of amides is 1. The quantitative estimate of drug-likeness (QED) is 0.719. The zero-order chi connectivity index (χ0) is 17.9. The number of carbonyl (C=O) groups is 1. The number of benzene rings is 1. The van der Waals surface area contributed by atoms with E-state index in [9.17, 15) is 9.59 Å². The van der Waals surface area contributed by atoms with Crippen LogP contribution in [-0.4, -0.2) is 22.4 Å². The van der Waals surface area contributed by atoms with Crippen LogP contribution in [0.2, 0.25) is 0 Å². The fourth-order valence-electron chi connectivity index (χ4n) is 3.46. The van der Waals surface area contributed by atoms with Gasteiger partial charge in [-0.15, -0.1) is 11.3 Å². The van der Waals surface area contributed by atoms with Gasteiger partial charge in [0.05, 0.1) is 16.2 Å². The summed E-state index contributed by atoms with van der Waals surface area (Å²) in [7, 11) is 0. The van der Waals surface area contributed by atoms with E-state index in [-0.39, 0.29) is 11.8 Å². The number of H-pyrrole nitrogens is 1. The molecule has 1 aromatic carbocycles. The molecule has 0 spiro atoms. The van der Waals surface area contributed by atoms with Crippen molar-refractivity contribution in [3.63, 3.8) is 0 Å². The third-order valence-electron chi connectivity index (χ3n) is 4.88. The highest BCUT2D eigenvalue weighted by Gasteiger charge is 2.20. The molecule has 136 valence electrons.